The molecule has 0 atom stereocenters. The van der Waals surface area contributed by atoms with Crippen LogP contribution in [-0.4, -0.2) is 26.8 Å². The van der Waals surface area contributed by atoms with Gasteiger partial charge in [0.2, 0.25) is 0 Å². The Morgan fingerprint density at radius 1 is 1.06 bits per heavy atom. The quantitative estimate of drug-likeness (QED) is 0.708. The third-order valence-corrected chi connectivity index (χ3v) is 2.47. The Bertz CT molecular complexity index is 311. The number of hydrogen-bond acceptors (Lipinski definition) is 2. The maximum Gasteiger partial charge on any atom is 0.126 e. The Labute approximate surface area is 101 Å². The summed E-state index contributed by atoms with van der Waals surface area (Å²) in [6.45, 7) is 2.45. The summed E-state index contributed by atoms with van der Waals surface area (Å²) in [7, 11) is 1.67. The highest BCUT2D eigenvalue weighted by atomic mass is 19.1. The van der Waals surface area contributed by atoms with E-state index in [1.807, 2.05) is 0 Å². The first-order valence-electron chi connectivity index (χ1n) is 5.87. The van der Waals surface area contributed by atoms with Crippen LogP contribution in [-0.2, 0) is 11.2 Å². The molecule has 0 aliphatic rings. The molecular weight excluding hydrogens is 224 g/mol. The molecule has 0 saturated carbocycles. The van der Waals surface area contributed by atoms with Gasteiger partial charge >= 0.3 is 0 Å². The minimum absolute atomic E-state index is 0.502. The van der Waals surface area contributed by atoms with E-state index in [9.17, 15) is 8.78 Å². The van der Waals surface area contributed by atoms with Crippen LogP contribution in [0.2, 0.25) is 0 Å². The van der Waals surface area contributed by atoms with Crippen molar-refractivity contribution < 1.29 is 13.5 Å². The van der Waals surface area contributed by atoms with Gasteiger partial charge in [0.25, 0.3) is 0 Å². The summed E-state index contributed by atoms with van der Waals surface area (Å²) >= 11 is 0. The van der Waals surface area contributed by atoms with Gasteiger partial charge in [-0.2, -0.15) is 0 Å². The molecule has 0 bridgehead atoms. The van der Waals surface area contributed by atoms with Crippen LogP contribution in [0.15, 0.2) is 18.2 Å². The van der Waals surface area contributed by atoms with Crippen molar-refractivity contribution in [2.75, 3.05) is 26.8 Å². The molecule has 0 unspecified atom stereocenters. The molecule has 1 N–H and O–H groups in total. The molecule has 0 heterocycles. The van der Waals surface area contributed by atoms with E-state index in [-0.39, 0.29) is 0 Å². The predicted molar refractivity (Wildman–Crippen MR) is 64.0 cm³/mol. The number of methoxy groups -OCH3 is 1. The van der Waals surface area contributed by atoms with Gasteiger partial charge < -0.3 is 10.1 Å². The molecule has 0 spiro atoms. The summed E-state index contributed by atoms with van der Waals surface area (Å²) in [4.78, 5) is 0. The van der Waals surface area contributed by atoms with E-state index in [1.165, 1.54) is 12.1 Å². The van der Waals surface area contributed by atoms with Gasteiger partial charge in [-0.05, 0) is 43.5 Å². The van der Waals surface area contributed by atoms with Crippen molar-refractivity contribution in [2.24, 2.45) is 0 Å². The lowest BCUT2D eigenvalue weighted by Crippen LogP contribution is -2.20. The lowest BCUT2D eigenvalue weighted by atomic mass is 10.1. The van der Waals surface area contributed by atoms with Gasteiger partial charge in [-0.3, -0.25) is 0 Å². The van der Waals surface area contributed by atoms with Crippen molar-refractivity contribution in [3.8, 4) is 0 Å². The summed E-state index contributed by atoms with van der Waals surface area (Å²) < 4.78 is 30.7. The van der Waals surface area contributed by atoms with Crippen molar-refractivity contribution >= 4 is 0 Å². The van der Waals surface area contributed by atoms with E-state index in [2.05, 4.69) is 5.32 Å². The molecule has 0 radical (unpaired) electrons. The molecule has 96 valence electrons. The predicted octanol–water partition coefficient (Wildman–Crippen LogP) is 2.52. The van der Waals surface area contributed by atoms with Gasteiger partial charge in [-0.15, -0.1) is 0 Å². The molecular formula is C13H19F2NO. The van der Waals surface area contributed by atoms with Crippen molar-refractivity contribution in [3.05, 3.63) is 35.4 Å². The molecule has 1 aromatic carbocycles. The molecule has 0 fully saturated rings. The van der Waals surface area contributed by atoms with Crippen LogP contribution in [0.1, 0.15) is 18.4 Å². The molecule has 17 heavy (non-hydrogen) atoms. The van der Waals surface area contributed by atoms with E-state index >= 15 is 0 Å². The SMILES string of the molecule is COCCNCCCCc1cc(F)cc(F)c1. The largest absolute Gasteiger partial charge is 0.383 e. The second-order valence-corrected chi connectivity index (χ2v) is 3.98. The Balaban J connectivity index is 2.13. The molecule has 0 amide bonds. The summed E-state index contributed by atoms with van der Waals surface area (Å²) in [6.07, 6.45) is 2.62. The first kappa shape index (κ1) is 14.1. The minimum atomic E-state index is -0.502. The highest BCUT2D eigenvalue weighted by molar-refractivity contribution is 5.17. The zero-order valence-corrected chi connectivity index (χ0v) is 10.1. The number of unbranched alkanes of at least 4 members (excludes halogenated alkanes) is 1. The molecule has 0 aliphatic carbocycles. The Hall–Kier alpha value is -1.00. The smallest absolute Gasteiger partial charge is 0.126 e. The van der Waals surface area contributed by atoms with Crippen LogP contribution in [0.3, 0.4) is 0 Å². The van der Waals surface area contributed by atoms with Crippen LogP contribution in [0, 0.1) is 11.6 Å². The summed E-state index contributed by atoms with van der Waals surface area (Å²) in [5.41, 5.74) is 0.722. The third-order valence-electron chi connectivity index (χ3n) is 2.47. The number of aryl methyl sites for hydroxylation is 1. The van der Waals surface area contributed by atoms with Gasteiger partial charge in [0, 0.05) is 19.7 Å². The number of halogens is 2. The van der Waals surface area contributed by atoms with E-state index in [0.29, 0.717) is 13.0 Å². The average Bonchev–Trinajstić information content (AvgIpc) is 2.26. The first-order valence-corrected chi connectivity index (χ1v) is 5.87. The van der Waals surface area contributed by atoms with Crippen molar-refractivity contribution in [1.82, 2.24) is 5.32 Å². The van der Waals surface area contributed by atoms with Gasteiger partial charge in [-0.25, -0.2) is 8.78 Å². The van der Waals surface area contributed by atoms with Gasteiger partial charge in [0.15, 0.2) is 0 Å². The number of rotatable bonds is 8. The van der Waals surface area contributed by atoms with E-state index in [1.54, 1.807) is 7.11 Å². The summed E-state index contributed by atoms with van der Waals surface area (Å²) in [5.74, 6) is -1.00. The van der Waals surface area contributed by atoms with Crippen molar-refractivity contribution in [2.45, 2.75) is 19.3 Å². The highest BCUT2D eigenvalue weighted by Gasteiger charge is 2.00. The monoisotopic (exact) mass is 243 g/mol. The van der Waals surface area contributed by atoms with E-state index < -0.39 is 11.6 Å². The maximum absolute atomic E-state index is 12.9. The van der Waals surface area contributed by atoms with Crippen LogP contribution in [0.4, 0.5) is 8.78 Å². The standard InChI is InChI=1S/C13H19F2NO/c1-17-7-6-16-5-3-2-4-11-8-12(14)10-13(15)9-11/h8-10,16H,2-7H2,1H3. The Kier molecular flexibility index (Phi) is 6.74. The zero-order valence-electron chi connectivity index (χ0n) is 10.1. The number of nitrogens with one attached hydrogen (secondary N) is 1. The lowest BCUT2D eigenvalue weighted by molar-refractivity contribution is 0.199. The number of hydrogen-bond donors (Lipinski definition) is 1. The van der Waals surface area contributed by atoms with Gasteiger partial charge in [0.1, 0.15) is 11.6 Å². The molecule has 4 heteroatoms. The van der Waals surface area contributed by atoms with Gasteiger partial charge in [-0.1, -0.05) is 0 Å². The fourth-order valence-corrected chi connectivity index (χ4v) is 1.63. The normalized spacial score (nSPS) is 10.8. The molecule has 1 aromatic rings. The summed E-state index contributed by atoms with van der Waals surface area (Å²) in [5, 5.41) is 3.22. The topological polar surface area (TPSA) is 21.3 Å². The molecule has 2 nitrogen and oxygen atoms in total. The highest BCUT2D eigenvalue weighted by Crippen LogP contribution is 2.10. The van der Waals surface area contributed by atoms with Gasteiger partial charge in [0.05, 0.1) is 6.61 Å². The second-order valence-electron chi connectivity index (χ2n) is 3.98. The lowest BCUT2D eigenvalue weighted by Gasteiger charge is -2.04. The second kappa shape index (κ2) is 8.14. The fraction of sp³-hybridized carbons (Fsp3) is 0.538. The van der Waals surface area contributed by atoms with Crippen LogP contribution >= 0.6 is 0 Å². The van der Waals surface area contributed by atoms with Crippen molar-refractivity contribution in [3.63, 3.8) is 0 Å². The number of ether oxygens (including phenoxy) is 1. The number of benzene rings is 1. The molecule has 0 saturated heterocycles. The maximum atomic E-state index is 12.9. The Morgan fingerprint density at radius 2 is 1.76 bits per heavy atom. The first-order chi connectivity index (χ1) is 8.22. The molecule has 0 aliphatic heterocycles. The van der Waals surface area contributed by atoms with Crippen molar-refractivity contribution in [1.29, 1.82) is 0 Å². The van der Waals surface area contributed by atoms with Crippen LogP contribution < -0.4 is 5.32 Å². The third kappa shape index (κ3) is 6.34. The Morgan fingerprint density at radius 3 is 2.41 bits per heavy atom. The molecule has 0 aromatic heterocycles. The van der Waals surface area contributed by atoms with Crippen LogP contribution in [0.25, 0.3) is 0 Å². The fourth-order valence-electron chi connectivity index (χ4n) is 1.63. The minimum Gasteiger partial charge on any atom is -0.383 e. The van der Waals surface area contributed by atoms with E-state index in [0.717, 1.165) is 37.6 Å². The molecule has 1 rings (SSSR count). The zero-order chi connectivity index (χ0) is 12.5. The summed E-state index contributed by atoms with van der Waals surface area (Å²) in [6, 6.07) is 3.68. The van der Waals surface area contributed by atoms with Crippen LogP contribution in [0.5, 0.6) is 0 Å². The van der Waals surface area contributed by atoms with E-state index in [4.69, 9.17) is 4.74 Å². The average molecular weight is 243 g/mol.